The van der Waals surface area contributed by atoms with Crippen LogP contribution in [0.3, 0.4) is 0 Å². The molecule has 0 aromatic heterocycles. The van der Waals surface area contributed by atoms with Crippen molar-refractivity contribution in [2.24, 2.45) is 5.41 Å². The van der Waals surface area contributed by atoms with Gasteiger partial charge in [0.15, 0.2) is 12.1 Å². The van der Waals surface area contributed by atoms with Crippen molar-refractivity contribution < 1.29 is 23.0 Å². The Labute approximate surface area is 129 Å². The lowest BCUT2D eigenvalue weighted by atomic mass is 9.95. The number of rotatable bonds is 6. The summed E-state index contributed by atoms with van der Waals surface area (Å²) in [4.78, 5) is 11.9. The van der Waals surface area contributed by atoms with Crippen LogP contribution in [0.2, 0.25) is 0 Å². The fourth-order valence-electron chi connectivity index (χ4n) is 2.34. The zero-order chi connectivity index (χ0) is 16.2. The SMILES string of the molecule is CC1(C)COC(CCCCC(=O)c2cc(F)ccc2F)OC1. The maximum atomic E-state index is 13.5. The van der Waals surface area contributed by atoms with E-state index in [1.54, 1.807) is 0 Å². The first-order valence-electron chi connectivity index (χ1n) is 7.59. The molecule has 1 fully saturated rings. The first-order valence-corrected chi connectivity index (χ1v) is 7.59. The minimum atomic E-state index is -0.674. The van der Waals surface area contributed by atoms with Crippen molar-refractivity contribution in [3.05, 3.63) is 35.4 Å². The summed E-state index contributed by atoms with van der Waals surface area (Å²) in [6.45, 7) is 5.47. The predicted octanol–water partition coefficient (Wildman–Crippen LogP) is 4.11. The van der Waals surface area contributed by atoms with Crippen LogP contribution in [0.5, 0.6) is 0 Å². The number of Topliss-reactive ketones (excluding diaryl/α,β-unsaturated/α-hetero) is 1. The van der Waals surface area contributed by atoms with E-state index in [-0.39, 0.29) is 29.5 Å². The van der Waals surface area contributed by atoms with Crippen molar-refractivity contribution in [1.29, 1.82) is 0 Å². The summed E-state index contributed by atoms with van der Waals surface area (Å²) in [5, 5.41) is 0. The second-order valence-corrected chi connectivity index (χ2v) is 6.51. The topological polar surface area (TPSA) is 35.5 Å². The Hall–Kier alpha value is -1.33. The van der Waals surface area contributed by atoms with Gasteiger partial charge in [0.1, 0.15) is 11.6 Å². The Bertz CT molecular complexity index is 519. The molecule has 0 atom stereocenters. The van der Waals surface area contributed by atoms with E-state index < -0.39 is 11.6 Å². The molecule has 5 heteroatoms. The molecule has 0 spiro atoms. The average molecular weight is 312 g/mol. The molecule has 0 N–H and O–H groups in total. The minimum absolute atomic E-state index is 0.0430. The standard InChI is InChI=1S/C17H22F2O3/c1-17(2)10-21-16(22-11-17)6-4-3-5-15(20)13-9-12(18)7-8-14(13)19/h7-9,16H,3-6,10-11H2,1-2H3. The summed E-state index contributed by atoms with van der Waals surface area (Å²) in [6, 6.07) is 2.94. The molecule has 1 aromatic rings. The second-order valence-electron chi connectivity index (χ2n) is 6.51. The summed E-state index contributed by atoms with van der Waals surface area (Å²) >= 11 is 0. The summed E-state index contributed by atoms with van der Waals surface area (Å²) in [6.07, 6.45) is 2.01. The number of hydrogen-bond donors (Lipinski definition) is 0. The number of carbonyl (C=O) groups is 1. The summed E-state index contributed by atoms with van der Waals surface area (Å²) in [5.41, 5.74) is -0.131. The largest absolute Gasteiger partial charge is 0.352 e. The number of benzene rings is 1. The lowest BCUT2D eigenvalue weighted by Gasteiger charge is -2.34. The molecule has 1 heterocycles. The van der Waals surface area contributed by atoms with Crippen molar-refractivity contribution in [3.63, 3.8) is 0 Å². The summed E-state index contributed by atoms with van der Waals surface area (Å²) in [7, 11) is 0. The molecule has 22 heavy (non-hydrogen) atoms. The highest BCUT2D eigenvalue weighted by Crippen LogP contribution is 2.25. The van der Waals surface area contributed by atoms with Crippen LogP contribution in [0.1, 0.15) is 49.9 Å². The van der Waals surface area contributed by atoms with Gasteiger partial charge >= 0.3 is 0 Å². The third-order valence-corrected chi connectivity index (χ3v) is 3.64. The lowest BCUT2D eigenvalue weighted by Crippen LogP contribution is -2.37. The normalized spacial score (nSPS) is 18.4. The third kappa shape index (κ3) is 4.85. The van der Waals surface area contributed by atoms with E-state index in [4.69, 9.17) is 9.47 Å². The van der Waals surface area contributed by atoms with E-state index in [9.17, 15) is 13.6 Å². The van der Waals surface area contributed by atoms with Crippen LogP contribution >= 0.6 is 0 Å². The highest BCUT2D eigenvalue weighted by Gasteiger charge is 2.27. The van der Waals surface area contributed by atoms with Gasteiger partial charge in [-0.05, 0) is 37.5 Å². The van der Waals surface area contributed by atoms with E-state index in [1.807, 2.05) is 0 Å². The first-order chi connectivity index (χ1) is 10.4. The molecular weight excluding hydrogens is 290 g/mol. The molecule has 1 aromatic carbocycles. The fraction of sp³-hybridized carbons (Fsp3) is 0.588. The van der Waals surface area contributed by atoms with Crippen LogP contribution in [-0.2, 0) is 9.47 Å². The van der Waals surface area contributed by atoms with Gasteiger partial charge in [-0.25, -0.2) is 8.78 Å². The third-order valence-electron chi connectivity index (χ3n) is 3.64. The predicted molar refractivity (Wildman–Crippen MR) is 78.6 cm³/mol. The van der Waals surface area contributed by atoms with Gasteiger partial charge in [-0.3, -0.25) is 4.79 Å². The maximum Gasteiger partial charge on any atom is 0.165 e. The molecule has 2 rings (SSSR count). The Balaban J connectivity index is 1.71. The molecule has 3 nitrogen and oxygen atoms in total. The molecule has 0 unspecified atom stereocenters. The van der Waals surface area contributed by atoms with Gasteiger partial charge in [0.25, 0.3) is 0 Å². The average Bonchev–Trinajstić information content (AvgIpc) is 2.47. The van der Waals surface area contributed by atoms with Crippen molar-refractivity contribution >= 4 is 5.78 Å². The Morgan fingerprint density at radius 2 is 1.91 bits per heavy atom. The highest BCUT2D eigenvalue weighted by atomic mass is 19.1. The van der Waals surface area contributed by atoms with Gasteiger partial charge < -0.3 is 9.47 Å². The number of ether oxygens (including phenoxy) is 2. The number of unbranched alkanes of at least 4 members (excludes halogenated alkanes) is 1. The van der Waals surface area contributed by atoms with E-state index in [0.29, 0.717) is 26.1 Å². The van der Waals surface area contributed by atoms with Crippen LogP contribution in [0, 0.1) is 17.0 Å². The van der Waals surface area contributed by atoms with E-state index in [2.05, 4.69) is 13.8 Å². The van der Waals surface area contributed by atoms with Crippen LogP contribution < -0.4 is 0 Å². The zero-order valence-electron chi connectivity index (χ0n) is 13.0. The first kappa shape index (κ1) is 17.0. The van der Waals surface area contributed by atoms with Crippen LogP contribution in [0.25, 0.3) is 0 Å². The quantitative estimate of drug-likeness (QED) is 0.586. The minimum Gasteiger partial charge on any atom is -0.352 e. The second kappa shape index (κ2) is 7.29. The molecule has 1 aliphatic rings. The molecule has 1 aliphatic heterocycles. The van der Waals surface area contributed by atoms with Crippen LogP contribution in [-0.4, -0.2) is 25.3 Å². The van der Waals surface area contributed by atoms with Gasteiger partial charge in [-0.2, -0.15) is 0 Å². The van der Waals surface area contributed by atoms with Gasteiger partial charge in [-0.1, -0.05) is 13.8 Å². The van der Waals surface area contributed by atoms with Crippen molar-refractivity contribution in [3.8, 4) is 0 Å². The fourth-order valence-corrected chi connectivity index (χ4v) is 2.34. The molecule has 0 aliphatic carbocycles. The molecule has 0 saturated carbocycles. The number of carbonyl (C=O) groups excluding carboxylic acids is 1. The number of ketones is 1. The molecule has 0 bridgehead atoms. The van der Waals surface area contributed by atoms with E-state index in [1.165, 1.54) is 0 Å². The Morgan fingerprint density at radius 1 is 1.23 bits per heavy atom. The summed E-state index contributed by atoms with van der Waals surface area (Å²) in [5.74, 6) is -1.65. The molecule has 1 saturated heterocycles. The monoisotopic (exact) mass is 312 g/mol. The number of hydrogen-bond acceptors (Lipinski definition) is 3. The van der Waals surface area contributed by atoms with Gasteiger partial charge in [-0.15, -0.1) is 0 Å². The van der Waals surface area contributed by atoms with Crippen molar-refractivity contribution in [1.82, 2.24) is 0 Å². The molecular formula is C17H22F2O3. The van der Waals surface area contributed by atoms with E-state index in [0.717, 1.165) is 24.6 Å². The number of halogens is 2. The molecule has 122 valence electrons. The van der Waals surface area contributed by atoms with Crippen LogP contribution in [0.4, 0.5) is 8.78 Å². The summed E-state index contributed by atoms with van der Waals surface area (Å²) < 4.78 is 37.7. The molecule has 0 radical (unpaired) electrons. The van der Waals surface area contributed by atoms with E-state index >= 15 is 0 Å². The van der Waals surface area contributed by atoms with Crippen molar-refractivity contribution in [2.75, 3.05) is 13.2 Å². The van der Waals surface area contributed by atoms with Crippen LogP contribution in [0.15, 0.2) is 18.2 Å². The smallest absolute Gasteiger partial charge is 0.165 e. The maximum absolute atomic E-state index is 13.5. The Kier molecular flexibility index (Phi) is 5.64. The molecule has 0 amide bonds. The zero-order valence-corrected chi connectivity index (χ0v) is 13.0. The van der Waals surface area contributed by atoms with Gasteiger partial charge in [0.2, 0.25) is 0 Å². The van der Waals surface area contributed by atoms with Gasteiger partial charge in [0, 0.05) is 11.8 Å². The lowest BCUT2D eigenvalue weighted by molar-refractivity contribution is -0.224. The highest BCUT2D eigenvalue weighted by molar-refractivity contribution is 5.96. The Morgan fingerprint density at radius 3 is 2.59 bits per heavy atom. The van der Waals surface area contributed by atoms with Crippen molar-refractivity contribution in [2.45, 2.75) is 45.8 Å². The van der Waals surface area contributed by atoms with Gasteiger partial charge in [0.05, 0.1) is 18.8 Å².